The van der Waals surface area contributed by atoms with Crippen LogP contribution in [0.3, 0.4) is 0 Å². The summed E-state index contributed by atoms with van der Waals surface area (Å²) in [5.41, 5.74) is 2.76. The minimum Gasteiger partial charge on any atom is -0.356 e. The lowest BCUT2D eigenvalue weighted by molar-refractivity contribution is 0.637. The molecule has 0 bridgehead atoms. The number of aliphatic imine (C=N–C) groups is 1. The Morgan fingerprint density at radius 2 is 2.17 bits per heavy atom. The van der Waals surface area contributed by atoms with Gasteiger partial charge in [-0.05, 0) is 36.6 Å². The standard InChI is InChI=1S/C17H22BrN5/c1-19-16(20-11-15-6-9-22-23(15)2)21-12-17(7-8-17)13-4-3-5-14(18)10-13/h3-6,9-10H,7-8,11-12H2,1-2H3,(H2,19,20,21). The van der Waals surface area contributed by atoms with E-state index in [9.17, 15) is 0 Å². The largest absolute Gasteiger partial charge is 0.356 e. The second kappa shape index (κ2) is 6.74. The summed E-state index contributed by atoms with van der Waals surface area (Å²) in [5.74, 6) is 0.826. The van der Waals surface area contributed by atoms with Gasteiger partial charge in [-0.1, -0.05) is 28.1 Å². The zero-order valence-corrected chi connectivity index (χ0v) is 15.1. The molecule has 1 saturated carbocycles. The monoisotopic (exact) mass is 375 g/mol. The Balaban J connectivity index is 1.57. The van der Waals surface area contributed by atoms with E-state index in [4.69, 9.17) is 0 Å². The molecule has 1 aromatic carbocycles. The summed E-state index contributed by atoms with van der Waals surface area (Å²) in [4.78, 5) is 4.31. The predicted molar refractivity (Wildman–Crippen MR) is 96.5 cm³/mol. The van der Waals surface area contributed by atoms with Crippen LogP contribution < -0.4 is 10.6 Å². The van der Waals surface area contributed by atoms with Crippen LogP contribution in [0.25, 0.3) is 0 Å². The van der Waals surface area contributed by atoms with Gasteiger partial charge in [0.15, 0.2) is 5.96 Å². The van der Waals surface area contributed by atoms with Gasteiger partial charge in [0.2, 0.25) is 0 Å². The van der Waals surface area contributed by atoms with Crippen molar-refractivity contribution in [2.45, 2.75) is 24.8 Å². The number of hydrogen-bond donors (Lipinski definition) is 2. The van der Waals surface area contributed by atoms with Gasteiger partial charge in [0.1, 0.15) is 0 Å². The number of aromatic nitrogens is 2. The minimum atomic E-state index is 0.244. The molecule has 0 amide bonds. The molecule has 0 aliphatic heterocycles. The third kappa shape index (κ3) is 3.75. The number of halogens is 1. The summed E-state index contributed by atoms with van der Waals surface area (Å²) in [6, 6.07) is 10.6. The van der Waals surface area contributed by atoms with E-state index in [1.807, 2.05) is 17.8 Å². The van der Waals surface area contributed by atoms with Crippen molar-refractivity contribution in [3.63, 3.8) is 0 Å². The second-order valence-electron chi connectivity index (χ2n) is 6.02. The highest BCUT2D eigenvalue weighted by atomic mass is 79.9. The third-order valence-electron chi connectivity index (χ3n) is 4.47. The number of hydrogen-bond acceptors (Lipinski definition) is 2. The molecule has 1 fully saturated rings. The maximum absolute atomic E-state index is 4.31. The lowest BCUT2D eigenvalue weighted by Gasteiger charge is -2.19. The molecule has 2 N–H and O–H groups in total. The van der Waals surface area contributed by atoms with Crippen LogP contribution in [0.1, 0.15) is 24.1 Å². The van der Waals surface area contributed by atoms with Crippen molar-refractivity contribution in [1.29, 1.82) is 0 Å². The molecule has 0 saturated heterocycles. The van der Waals surface area contributed by atoms with E-state index in [1.54, 1.807) is 13.2 Å². The van der Waals surface area contributed by atoms with E-state index < -0.39 is 0 Å². The first-order chi connectivity index (χ1) is 11.1. The summed E-state index contributed by atoms with van der Waals surface area (Å²) < 4.78 is 3.00. The lowest BCUT2D eigenvalue weighted by atomic mass is 9.96. The number of nitrogens with one attached hydrogen (secondary N) is 2. The van der Waals surface area contributed by atoms with Crippen molar-refractivity contribution >= 4 is 21.9 Å². The topological polar surface area (TPSA) is 54.2 Å². The van der Waals surface area contributed by atoms with Gasteiger partial charge < -0.3 is 10.6 Å². The first kappa shape index (κ1) is 16.1. The Bertz CT molecular complexity index is 703. The Kier molecular flexibility index (Phi) is 4.71. The van der Waals surface area contributed by atoms with Gasteiger partial charge in [0.05, 0.1) is 12.2 Å². The van der Waals surface area contributed by atoms with Gasteiger partial charge >= 0.3 is 0 Å². The zero-order valence-electron chi connectivity index (χ0n) is 13.5. The normalized spacial score (nSPS) is 16.2. The van der Waals surface area contributed by atoms with Crippen LogP contribution in [0.15, 0.2) is 46.0 Å². The Labute approximate surface area is 145 Å². The molecule has 1 aliphatic carbocycles. The molecular weight excluding hydrogens is 354 g/mol. The van der Waals surface area contributed by atoms with Gasteiger partial charge in [-0.2, -0.15) is 5.10 Å². The van der Waals surface area contributed by atoms with Crippen LogP contribution in [0.5, 0.6) is 0 Å². The van der Waals surface area contributed by atoms with Crippen LogP contribution in [0.2, 0.25) is 0 Å². The van der Waals surface area contributed by atoms with Crippen molar-refractivity contribution < 1.29 is 0 Å². The molecule has 5 nitrogen and oxygen atoms in total. The average molecular weight is 376 g/mol. The van der Waals surface area contributed by atoms with E-state index in [0.717, 1.165) is 22.7 Å². The Morgan fingerprint density at radius 1 is 1.35 bits per heavy atom. The van der Waals surface area contributed by atoms with Crippen molar-refractivity contribution in [3.8, 4) is 0 Å². The average Bonchev–Trinajstić information content (AvgIpc) is 3.24. The van der Waals surface area contributed by atoms with Gasteiger partial charge in [-0.3, -0.25) is 9.67 Å². The number of benzene rings is 1. The van der Waals surface area contributed by atoms with Crippen LogP contribution in [-0.4, -0.2) is 29.3 Å². The van der Waals surface area contributed by atoms with E-state index in [0.29, 0.717) is 6.54 Å². The van der Waals surface area contributed by atoms with E-state index in [2.05, 4.69) is 60.9 Å². The molecule has 122 valence electrons. The number of rotatable bonds is 5. The highest BCUT2D eigenvalue weighted by molar-refractivity contribution is 9.10. The van der Waals surface area contributed by atoms with Crippen LogP contribution in [-0.2, 0) is 19.0 Å². The summed E-state index contributed by atoms with van der Waals surface area (Å²) in [5, 5.41) is 11.0. The van der Waals surface area contributed by atoms with Crippen molar-refractivity contribution in [2.75, 3.05) is 13.6 Å². The number of guanidine groups is 1. The quantitative estimate of drug-likeness (QED) is 0.623. The highest BCUT2D eigenvalue weighted by Gasteiger charge is 2.44. The molecule has 1 heterocycles. The van der Waals surface area contributed by atoms with Gasteiger partial charge in [0.25, 0.3) is 0 Å². The van der Waals surface area contributed by atoms with Crippen molar-refractivity contribution in [1.82, 2.24) is 20.4 Å². The third-order valence-corrected chi connectivity index (χ3v) is 4.96. The first-order valence-electron chi connectivity index (χ1n) is 7.80. The highest BCUT2D eigenvalue weighted by Crippen LogP contribution is 2.48. The van der Waals surface area contributed by atoms with Gasteiger partial charge in [0, 0.05) is 36.7 Å². The lowest BCUT2D eigenvalue weighted by Crippen LogP contribution is -2.41. The molecule has 3 rings (SSSR count). The van der Waals surface area contributed by atoms with E-state index >= 15 is 0 Å². The van der Waals surface area contributed by atoms with Crippen LogP contribution in [0, 0.1) is 0 Å². The van der Waals surface area contributed by atoms with Gasteiger partial charge in [-0.15, -0.1) is 0 Å². The summed E-state index contributed by atoms with van der Waals surface area (Å²) in [7, 11) is 3.75. The Hall–Kier alpha value is -1.82. The molecule has 23 heavy (non-hydrogen) atoms. The maximum Gasteiger partial charge on any atom is 0.191 e. The molecule has 2 aromatic rings. The van der Waals surface area contributed by atoms with Crippen LogP contribution >= 0.6 is 15.9 Å². The fourth-order valence-corrected chi connectivity index (χ4v) is 3.16. The molecule has 6 heteroatoms. The number of aryl methyl sites for hydroxylation is 1. The molecule has 0 radical (unpaired) electrons. The number of nitrogens with zero attached hydrogens (tertiary/aromatic N) is 3. The SMILES string of the molecule is CN=C(NCc1ccnn1C)NCC1(c2cccc(Br)c2)CC1. The summed E-state index contributed by atoms with van der Waals surface area (Å²) in [6.45, 7) is 1.61. The van der Waals surface area contributed by atoms with Crippen molar-refractivity contribution in [2.24, 2.45) is 12.0 Å². The van der Waals surface area contributed by atoms with E-state index in [1.165, 1.54) is 18.4 Å². The maximum atomic E-state index is 4.31. The fourth-order valence-electron chi connectivity index (χ4n) is 2.76. The predicted octanol–water partition coefficient (Wildman–Crippen LogP) is 2.58. The van der Waals surface area contributed by atoms with Crippen molar-refractivity contribution in [3.05, 3.63) is 52.3 Å². The fraction of sp³-hybridized carbons (Fsp3) is 0.412. The van der Waals surface area contributed by atoms with Crippen LogP contribution in [0.4, 0.5) is 0 Å². The summed E-state index contributed by atoms with van der Waals surface area (Å²) in [6.07, 6.45) is 4.24. The molecule has 0 atom stereocenters. The molecule has 1 aliphatic rings. The molecule has 0 unspecified atom stereocenters. The zero-order chi connectivity index (χ0) is 16.3. The van der Waals surface area contributed by atoms with E-state index in [-0.39, 0.29) is 5.41 Å². The Morgan fingerprint density at radius 3 is 2.78 bits per heavy atom. The second-order valence-corrected chi connectivity index (χ2v) is 6.93. The molecule has 0 spiro atoms. The van der Waals surface area contributed by atoms with Gasteiger partial charge in [-0.25, -0.2) is 0 Å². The first-order valence-corrected chi connectivity index (χ1v) is 8.60. The summed E-state index contributed by atoms with van der Waals surface area (Å²) >= 11 is 3.57. The molecule has 1 aromatic heterocycles. The molecular formula is C17H22BrN5. The minimum absolute atomic E-state index is 0.244. The smallest absolute Gasteiger partial charge is 0.191 e.